The number of hydrogen-bond acceptors (Lipinski definition) is 7. The fourth-order valence-electron chi connectivity index (χ4n) is 4.28. The molecule has 10 heteroatoms. The van der Waals surface area contributed by atoms with Crippen molar-refractivity contribution in [2.75, 3.05) is 20.2 Å². The van der Waals surface area contributed by atoms with E-state index in [-0.39, 0.29) is 31.0 Å². The monoisotopic (exact) mass is 515 g/mol. The fourth-order valence-corrected chi connectivity index (χ4v) is 4.28. The van der Waals surface area contributed by atoms with Crippen LogP contribution in [0.2, 0.25) is 0 Å². The second-order valence-corrected chi connectivity index (χ2v) is 10.6. The molecular formula is C27H39N4O6+. The van der Waals surface area contributed by atoms with E-state index in [2.05, 4.69) is 10.5 Å². The molecule has 0 spiro atoms. The van der Waals surface area contributed by atoms with Crippen LogP contribution in [0.5, 0.6) is 5.75 Å². The van der Waals surface area contributed by atoms with E-state index in [4.69, 9.17) is 14.3 Å². The number of ether oxygens (including phenoxy) is 2. The number of para-hydroxylation sites is 1. The van der Waals surface area contributed by atoms with E-state index >= 15 is 0 Å². The molecule has 2 unspecified atom stereocenters. The Morgan fingerprint density at radius 2 is 1.89 bits per heavy atom. The number of carbonyl (C=O) groups is 3. The van der Waals surface area contributed by atoms with Gasteiger partial charge in [-0.1, -0.05) is 37.2 Å². The van der Waals surface area contributed by atoms with Gasteiger partial charge in [0.25, 0.3) is 0 Å². The first-order valence-electron chi connectivity index (χ1n) is 12.6. The Hall–Kier alpha value is -3.27. The number of benzene rings is 1. The summed E-state index contributed by atoms with van der Waals surface area (Å²) in [6, 6.07) is 6.30. The lowest BCUT2D eigenvalue weighted by atomic mass is 9.95. The second-order valence-electron chi connectivity index (χ2n) is 10.6. The van der Waals surface area contributed by atoms with Gasteiger partial charge in [0.05, 0.1) is 30.7 Å². The summed E-state index contributed by atoms with van der Waals surface area (Å²) in [7, 11) is 1.58. The molecule has 1 saturated heterocycles. The van der Waals surface area contributed by atoms with Crippen LogP contribution in [-0.4, -0.2) is 77.2 Å². The van der Waals surface area contributed by atoms with Crippen LogP contribution in [0, 0.1) is 11.8 Å². The van der Waals surface area contributed by atoms with Gasteiger partial charge in [0.2, 0.25) is 5.91 Å². The number of imide groups is 1. The van der Waals surface area contributed by atoms with Gasteiger partial charge in [-0.15, -0.1) is 0 Å². The normalized spacial score (nSPS) is 24.3. The molecule has 3 rings (SSSR count). The molecule has 2 aliphatic heterocycles. The van der Waals surface area contributed by atoms with Crippen molar-refractivity contribution in [1.82, 2.24) is 10.2 Å². The number of urea groups is 1. The van der Waals surface area contributed by atoms with E-state index in [1.54, 1.807) is 34.1 Å². The van der Waals surface area contributed by atoms with E-state index < -0.39 is 35.6 Å². The Labute approximate surface area is 218 Å². The second kappa shape index (κ2) is 11.4. The van der Waals surface area contributed by atoms with Crippen molar-refractivity contribution in [1.29, 1.82) is 0 Å². The first-order chi connectivity index (χ1) is 17.4. The Bertz CT molecular complexity index is 1090. The largest absolute Gasteiger partial charge is 0.500 e. The van der Waals surface area contributed by atoms with Crippen LogP contribution in [0.15, 0.2) is 29.4 Å². The zero-order chi connectivity index (χ0) is 27.5. The number of rotatable bonds is 7. The molecule has 2 aliphatic rings. The molecule has 202 valence electrons. The average molecular weight is 516 g/mol. The maximum atomic E-state index is 13.6. The van der Waals surface area contributed by atoms with Crippen LogP contribution >= 0.6 is 0 Å². The van der Waals surface area contributed by atoms with E-state index in [1.807, 2.05) is 52.0 Å². The summed E-state index contributed by atoms with van der Waals surface area (Å²) >= 11 is 0. The number of fused-ring (bicyclic) bond motifs is 2. The first kappa shape index (κ1) is 28.3. The molecule has 10 nitrogen and oxygen atoms in total. The molecule has 2 bridgehead atoms. The molecule has 0 radical (unpaired) electrons. The molecule has 0 aliphatic carbocycles. The van der Waals surface area contributed by atoms with Gasteiger partial charge in [0, 0.05) is 11.5 Å². The van der Waals surface area contributed by atoms with Crippen LogP contribution in [0.25, 0.3) is 0 Å². The summed E-state index contributed by atoms with van der Waals surface area (Å²) in [4.78, 5) is 46.5. The lowest BCUT2D eigenvalue weighted by Crippen LogP contribution is -2.60. The Morgan fingerprint density at radius 3 is 2.51 bits per heavy atom. The summed E-state index contributed by atoms with van der Waals surface area (Å²) in [5.41, 5.74) is 0.232. The predicted octanol–water partition coefficient (Wildman–Crippen LogP) is 3.15. The average Bonchev–Trinajstić information content (AvgIpc) is 2.86. The number of oxime groups is 1. The lowest BCUT2D eigenvalue weighted by Gasteiger charge is -2.37. The molecule has 0 aromatic heterocycles. The van der Waals surface area contributed by atoms with E-state index in [9.17, 15) is 14.4 Å². The summed E-state index contributed by atoms with van der Waals surface area (Å²) in [5, 5.41) is 7.14. The van der Waals surface area contributed by atoms with Crippen LogP contribution in [0.1, 0.15) is 60.1 Å². The Morgan fingerprint density at radius 1 is 1.22 bits per heavy atom. The van der Waals surface area contributed by atoms with Gasteiger partial charge in [0.15, 0.2) is 5.92 Å². The smallest absolute Gasteiger partial charge is 0.496 e. The zero-order valence-electron chi connectivity index (χ0n) is 23.0. The molecule has 1 N–H and O–H groups in total. The molecule has 3 atom stereocenters. The van der Waals surface area contributed by atoms with Gasteiger partial charge in [-0.05, 0) is 40.7 Å². The van der Waals surface area contributed by atoms with Gasteiger partial charge in [-0.2, -0.15) is 14.3 Å². The van der Waals surface area contributed by atoms with Crippen LogP contribution in [0.3, 0.4) is 0 Å². The van der Waals surface area contributed by atoms with Crippen molar-refractivity contribution < 1.29 is 33.3 Å². The van der Waals surface area contributed by atoms with Crippen molar-refractivity contribution in [3.05, 3.63) is 29.8 Å². The minimum Gasteiger partial charge on any atom is -0.496 e. The number of carbonyl (C=O) groups excluding carboxylic acids is 3. The Balaban J connectivity index is 2.15. The third-order valence-electron chi connectivity index (χ3n) is 6.53. The van der Waals surface area contributed by atoms with Crippen molar-refractivity contribution in [3.8, 4) is 5.75 Å². The summed E-state index contributed by atoms with van der Waals surface area (Å²) in [5.74, 6) is -1.11. The van der Waals surface area contributed by atoms with Gasteiger partial charge in [-0.3, -0.25) is 4.79 Å². The fraction of sp³-hybridized carbons (Fsp3) is 0.593. The summed E-state index contributed by atoms with van der Waals surface area (Å²) < 4.78 is 13.7. The van der Waals surface area contributed by atoms with Gasteiger partial charge in [-0.25, -0.2) is 4.79 Å². The predicted molar refractivity (Wildman–Crippen MR) is 139 cm³/mol. The zero-order valence-corrected chi connectivity index (χ0v) is 23.0. The van der Waals surface area contributed by atoms with Gasteiger partial charge in [0.1, 0.15) is 31.0 Å². The van der Waals surface area contributed by atoms with Crippen molar-refractivity contribution in [3.63, 3.8) is 0 Å². The number of methoxy groups -OCH3 is 1. The molecule has 2 heterocycles. The van der Waals surface area contributed by atoms with E-state index in [0.29, 0.717) is 11.5 Å². The van der Waals surface area contributed by atoms with Crippen molar-refractivity contribution in [2.24, 2.45) is 17.0 Å². The van der Waals surface area contributed by atoms with E-state index in [0.717, 1.165) is 5.56 Å². The molecule has 37 heavy (non-hydrogen) atoms. The lowest BCUT2D eigenvalue weighted by molar-refractivity contribution is -0.450. The third kappa shape index (κ3) is 6.36. The number of nitrogens with one attached hydrogen (secondary N) is 1. The van der Waals surface area contributed by atoms with Crippen LogP contribution in [-0.2, 0) is 19.2 Å². The van der Waals surface area contributed by atoms with Gasteiger partial charge >= 0.3 is 11.9 Å². The molecular weight excluding hydrogens is 476 g/mol. The minimum atomic E-state index is -0.950. The van der Waals surface area contributed by atoms with E-state index in [1.165, 1.54) is 9.48 Å². The number of nitrogens with zero attached hydrogens (tertiary/aromatic N) is 3. The molecule has 1 fully saturated rings. The highest BCUT2D eigenvalue weighted by Gasteiger charge is 2.50. The molecule has 0 saturated carbocycles. The maximum absolute atomic E-state index is 13.6. The maximum Gasteiger partial charge on any atom is 0.500 e. The summed E-state index contributed by atoms with van der Waals surface area (Å²) in [6.45, 7) is 12.7. The Kier molecular flexibility index (Phi) is 8.73. The highest BCUT2D eigenvalue weighted by molar-refractivity contribution is 6.18. The first-order valence-corrected chi connectivity index (χ1v) is 12.6. The SMILES string of the molecule is COc1ccccc1C1C[N+]2=CC(/C(C)=N/OC(C)C)C(=O)N(C[C@@H](NC(=O)C(C)C)C(C)(C)O1)C2=O. The third-order valence-corrected chi connectivity index (χ3v) is 6.53. The summed E-state index contributed by atoms with van der Waals surface area (Å²) in [6.07, 6.45) is 0.808. The number of hydrogen-bond donors (Lipinski definition) is 1. The van der Waals surface area contributed by atoms with Crippen molar-refractivity contribution in [2.45, 2.75) is 72.3 Å². The van der Waals surface area contributed by atoms with Gasteiger partial charge < -0.3 is 19.6 Å². The van der Waals surface area contributed by atoms with Crippen LogP contribution < -0.4 is 10.1 Å². The highest BCUT2D eigenvalue weighted by Crippen LogP contribution is 2.34. The molecule has 1 aromatic carbocycles. The van der Waals surface area contributed by atoms with Crippen LogP contribution in [0.4, 0.5) is 4.79 Å². The minimum absolute atomic E-state index is 0.0546. The topological polar surface area (TPSA) is 110 Å². The number of amides is 4. The highest BCUT2D eigenvalue weighted by atomic mass is 16.6. The molecule has 1 aromatic rings. The standard InChI is InChI=1S/C27H38N4O6/c1-16(2)24(32)28-23-15-31-25(33)20(18(5)29-37-17(3)4)13-30(26(31)34)14-22(36-27(23,6)7)19-11-9-10-12-21(19)35-8/h9-13,16-17,20,22-23H,14-15H2,1-8H3/p+1/b29-18+/t20?,22?,23-/m1/s1. The van der Waals surface area contributed by atoms with Crippen molar-refractivity contribution >= 4 is 29.8 Å². The molecule has 4 amide bonds. The quantitative estimate of drug-likeness (QED) is 0.339.